The topological polar surface area (TPSA) is 41.6 Å². The third-order valence-corrected chi connectivity index (χ3v) is 3.54. The second-order valence-electron chi connectivity index (χ2n) is 6.63. The Hall–Kier alpha value is -1.55. The minimum absolute atomic E-state index is 0.0859. The summed E-state index contributed by atoms with van der Waals surface area (Å²) in [6, 6.07) is 7.93. The van der Waals surface area contributed by atoms with Crippen molar-refractivity contribution in [2.75, 3.05) is 19.7 Å². The van der Waals surface area contributed by atoms with Crippen LogP contribution in [0, 0.1) is 0 Å². The number of benzene rings is 1. The first-order chi connectivity index (χ1) is 9.94. The number of rotatable bonds is 5. The van der Waals surface area contributed by atoms with E-state index in [2.05, 4.69) is 32.2 Å². The van der Waals surface area contributed by atoms with Crippen LogP contribution in [0.3, 0.4) is 0 Å². The lowest BCUT2D eigenvalue weighted by atomic mass is 10.1. The van der Waals surface area contributed by atoms with E-state index in [9.17, 15) is 4.79 Å². The second kappa shape index (κ2) is 6.94. The molecule has 4 heteroatoms. The van der Waals surface area contributed by atoms with Gasteiger partial charge in [0.15, 0.2) is 6.61 Å². The van der Waals surface area contributed by atoms with Crippen molar-refractivity contribution in [3.8, 4) is 5.75 Å². The van der Waals surface area contributed by atoms with Crippen LogP contribution in [0.4, 0.5) is 0 Å². The summed E-state index contributed by atoms with van der Waals surface area (Å²) in [6.45, 7) is 9.10. The minimum Gasteiger partial charge on any atom is -0.484 e. The van der Waals surface area contributed by atoms with E-state index in [0.717, 1.165) is 43.8 Å². The minimum atomic E-state index is 0.0859. The monoisotopic (exact) mass is 290 g/mol. The lowest BCUT2D eigenvalue weighted by Crippen LogP contribution is -2.35. The van der Waals surface area contributed by atoms with Crippen LogP contribution in [0.25, 0.3) is 0 Å². The maximum absolute atomic E-state index is 11.9. The summed E-state index contributed by atoms with van der Waals surface area (Å²) < 4.78 is 5.63. The normalized spacial score (nSPS) is 15.3. The number of nitrogens with one attached hydrogen (secondary N) is 1. The molecule has 1 saturated heterocycles. The number of carbonyl (C=O) groups is 1. The number of carbonyl (C=O) groups excluding carboxylic acids is 1. The van der Waals surface area contributed by atoms with Gasteiger partial charge >= 0.3 is 0 Å². The summed E-state index contributed by atoms with van der Waals surface area (Å²) in [4.78, 5) is 13.8. The Balaban J connectivity index is 1.84. The van der Waals surface area contributed by atoms with Crippen molar-refractivity contribution in [3.63, 3.8) is 0 Å². The van der Waals surface area contributed by atoms with Gasteiger partial charge in [-0.05, 0) is 51.3 Å². The molecule has 21 heavy (non-hydrogen) atoms. The standard InChI is InChI=1S/C17H26N2O2/c1-17(2,3)18-12-14-7-6-8-15(11-14)21-13-16(20)19-9-4-5-10-19/h6-8,11,18H,4-5,9-10,12-13H2,1-3H3. The Morgan fingerprint density at radius 2 is 2.00 bits per heavy atom. The van der Waals surface area contributed by atoms with Gasteiger partial charge in [0.25, 0.3) is 5.91 Å². The maximum Gasteiger partial charge on any atom is 0.260 e. The highest BCUT2D eigenvalue weighted by Crippen LogP contribution is 2.15. The van der Waals surface area contributed by atoms with E-state index in [1.165, 1.54) is 0 Å². The van der Waals surface area contributed by atoms with E-state index in [1.54, 1.807) is 0 Å². The quantitative estimate of drug-likeness (QED) is 0.906. The molecule has 0 saturated carbocycles. The van der Waals surface area contributed by atoms with Crippen LogP contribution < -0.4 is 10.1 Å². The summed E-state index contributed by atoms with van der Waals surface area (Å²) in [5, 5.41) is 3.44. The van der Waals surface area contributed by atoms with Gasteiger partial charge in [0.05, 0.1) is 0 Å². The molecule has 0 spiro atoms. The molecular weight excluding hydrogens is 264 g/mol. The summed E-state index contributed by atoms with van der Waals surface area (Å²) in [5.41, 5.74) is 1.25. The average molecular weight is 290 g/mol. The van der Waals surface area contributed by atoms with Crippen molar-refractivity contribution in [2.45, 2.75) is 45.7 Å². The lowest BCUT2D eigenvalue weighted by Gasteiger charge is -2.20. The first-order valence-corrected chi connectivity index (χ1v) is 7.69. The molecule has 1 aliphatic heterocycles. The number of amides is 1. The number of ether oxygens (including phenoxy) is 1. The van der Waals surface area contributed by atoms with Gasteiger partial charge in [-0.2, -0.15) is 0 Å². The van der Waals surface area contributed by atoms with Crippen molar-refractivity contribution in [1.29, 1.82) is 0 Å². The van der Waals surface area contributed by atoms with Crippen LogP contribution in [0.5, 0.6) is 5.75 Å². The van der Waals surface area contributed by atoms with Gasteiger partial charge in [0, 0.05) is 25.2 Å². The Bertz CT molecular complexity index is 474. The first-order valence-electron chi connectivity index (χ1n) is 7.69. The molecule has 2 rings (SSSR count). The molecule has 116 valence electrons. The molecule has 4 nitrogen and oxygen atoms in total. The molecule has 1 aliphatic rings. The third kappa shape index (κ3) is 5.38. The molecular formula is C17H26N2O2. The smallest absolute Gasteiger partial charge is 0.260 e. The Labute approximate surface area is 127 Å². The predicted molar refractivity (Wildman–Crippen MR) is 84.3 cm³/mol. The van der Waals surface area contributed by atoms with Crippen molar-refractivity contribution in [3.05, 3.63) is 29.8 Å². The van der Waals surface area contributed by atoms with Crippen LogP contribution in [-0.4, -0.2) is 36.0 Å². The van der Waals surface area contributed by atoms with Gasteiger partial charge in [-0.1, -0.05) is 12.1 Å². The van der Waals surface area contributed by atoms with E-state index >= 15 is 0 Å². The van der Waals surface area contributed by atoms with E-state index in [1.807, 2.05) is 23.1 Å². The Morgan fingerprint density at radius 3 is 2.67 bits per heavy atom. The van der Waals surface area contributed by atoms with Gasteiger partial charge in [-0.25, -0.2) is 0 Å². The Kier molecular flexibility index (Phi) is 5.23. The fourth-order valence-corrected chi connectivity index (χ4v) is 2.32. The molecule has 1 N–H and O–H groups in total. The molecule has 0 radical (unpaired) electrons. The molecule has 1 amide bonds. The zero-order chi connectivity index (χ0) is 15.3. The highest BCUT2D eigenvalue weighted by molar-refractivity contribution is 5.78. The predicted octanol–water partition coefficient (Wildman–Crippen LogP) is 2.58. The van der Waals surface area contributed by atoms with Crippen molar-refractivity contribution < 1.29 is 9.53 Å². The molecule has 1 aromatic rings. The molecule has 0 aliphatic carbocycles. The summed E-state index contributed by atoms with van der Waals surface area (Å²) in [6.07, 6.45) is 2.22. The van der Waals surface area contributed by atoms with Crippen molar-refractivity contribution in [1.82, 2.24) is 10.2 Å². The van der Waals surface area contributed by atoms with Gasteiger partial charge in [0.1, 0.15) is 5.75 Å². The van der Waals surface area contributed by atoms with Crippen LogP contribution in [0.1, 0.15) is 39.2 Å². The van der Waals surface area contributed by atoms with E-state index in [4.69, 9.17) is 4.74 Å². The average Bonchev–Trinajstić information content (AvgIpc) is 2.96. The summed E-state index contributed by atoms with van der Waals surface area (Å²) in [5.74, 6) is 0.849. The van der Waals surface area contributed by atoms with Gasteiger partial charge in [-0.15, -0.1) is 0 Å². The lowest BCUT2D eigenvalue weighted by molar-refractivity contribution is -0.132. The van der Waals surface area contributed by atoms with E-state index < -0.39 is 0 Å². The first kappa shape index (κ1) is 15.8. The van der Waals surface area contributed by atoms with E-state index in [-0.39, 0.29) is 18.1 Å². The molecule has 0 atom stereocenters. The fraction of sp³-hybridized carbons (Fsp3) is 0.588. The zero-order valence-electron chi connectivity index (χ0n) is 13.3. The largest absolute Gasteiger partial charge is 0.484 e. The molecule has 0 unspecified atom stereocenters. The van der Waals surface area contributed by atoms with Crippen LogP contribution in [-0.2, 0) is 11.3 Å². The van der Waals surface area contributed by atoms with Crippen LogP contribution in [0.2, 0.25) is 0 Å². The van der Waals surface area contributed by atoms with Crippen molar-refractivity contribution >= 4 is 5.91 Å². The molecule has 1 aromatic carbocycles. The molecule has 1 heterocycles. The zero-order valence-corrected chi connectivity index (χ0v) is 13.3. The highest BCUT2D eigenvalue weighted by atomic mass is 16.5. The van der Waals surface area contributed by atoms with E-state index in [0.29, 0.717) is 0 Å². The molecule has 0 aromatic heterocycles. The number of hydrogen-bond acceptors (Lipinski definition) is 3. The third-order valence-electron chi connectivity index (χ3n) is 3.54. The number of nitrogens with zero attached hydrogens (tertiary/aromatic N) is 1. The van der Waals surface area contributed by atoms with Crippen molar-refractivity contribution in [2.24, 2.45) is 0 Å². The number of likely N-dealkylation sites (tertiary alicyclic amines) is 1. The summed E-state index contributed by atoms with van der Waals surface area (Å²) in [7, 11) is 0. The van der Waals surface area contributed by atoms with Crippen LogP contribution >= 0.6 is 0 Å². The maximum atomic E-state index is 11.9. The Morgan fingerprint density at radius 1 is 1.29 bits per heavy atom. The number of hydrogen-bond donors (Lipinski definition) is 1. The SMILES string of the molecule is CC(C)(C)NCc1cccc(OCC(=O)N2CCCC2)c1. The fourth-order valence-electron chi connectivity index (χ4n) is 2.32. The van der Waals surface area contributed by atoms with Gasteiger partial charge in [0.2, 0.25) is 0 Å². The summed E-state index contributed by atoms with van der Waals surface area (Å²) >= 11 is 0. The molecule has 0 bridgehead atoms. The van der Waals surface area contributed by atoms with Gasteiger partial charge in [-0.3, -0.25) is 4.79 Å². The van der Waals surface area contributed by atoms with Gasteiger partial charge < -0.3 is 15.0 Å². The molecule has 1 fully saturated rings. The second-order valence-corrected chi connectivity index (χ2v) is 6.63. The van der Waals surface area contributed by atoms with Crippen LogP contribution in [0.15, 0.2) is 24.3 Å². The highest BCUT2D eigenvalue weighted by Gasteiger charge is 2.18.